The minimum absolute atomic E-state index is 0.104. The van der Waals surface area contributed by atoms with Gasteiger partial charge in [-0.05, 0) is 42.6 Å². The predicted octanol–water partition coefficient (Wildman–Crippen LogP) is 4.26. The topological polar surface area (TPSA) is 194 Å². The van der Waals surface area contributed by atoms with Crippen LogP contribution in [0.25, 0.3) is 10.4 Å². The fraction of sp³-hybridized carbons (Fsp3) is 0.400. The number of rotatable bonds is 13. The molecule has 0 saturated carbocycles. The molecule has 13 nitrogen and oxygen atoms in total. The number of benzene rings is 2. The highest BCUT2D eigenvalue weighted by atomic mass is 35.5. The molecular weight excluding hydrogens is 474 g/mol. The van der Waals surface area contributed by atoms with Gasteiger partial charge in [-0.15, -0.1) is 11.6 Å². The zero-order valence-corrected chi connectivity index (χ0v) is 18.8. The summed E-state index contributed by atoms with van der Waals surface area (Å²) in [6, 6.07) is 8.46. The van der Waals surface area contributed by atoms with Crippen LogP contribution in [-0.2, 0) is 13.2 Å². The Hall–Kier alpha value is -3.64. The molecule has 0 atom stereocenters. The van der Waals surface area contributed by atoms with E-state index in [-0.39, 0.29) is 29.1 Å². The quantitative estimate of drug-likeness (QED) is 0.0778. The number of aliphatic hydroxyl groups is 2. The highest BCUT2D eigenvalue weighted by molar-refractivity contribution is 6.17. The van der Waals surface area contributed by atoms with Crippen LogP contribution in [0.2, 0.25) is 0 Å². The Labute approximate surface area is 199 Å². The van der Waals surface area contributed by atoms with Crippen molar-refractivity contribution < 1.29 is 29.5 Å². The van der Waals surface area contributed by atoms with E-state index in [4.69, 9.17) is 36.8 Å². The van der Waals surface area contributed by atoms with Gasteiger partial charge in [0.15, 0.2) is 0 Å². The molecule has 0 aromatic heterocycles. The van der Waals surface area contributed by atoms with Gasteiger partial charge in [0.25, 0.3) is 11.4 Å². The van der Waals surface area contributed by atoms with Gasteiger partial charge in [0.2, 0.25) is 0 Å². The number of ether oxygens (including phenoxy) is 2. The van der Waals surface area contributed by atoms with Crippen LogP contribution in [0.5, 0.6) is 11.5 Å². The van der Waals surface area contributed by atoms with Gasteiger partial charge in [0.05, 0.1) is 47.4 Å². The molecule has 34 heavy (non-hydrogen) atoms. The van der Waals surface area contributed by atoms with E-state index in [0.29, 0.717) is 50.0 Å². The average molecular weight is 498 g/mol. The van der Waals surface area contributed by atoms with Gasteiger partial charge >= 0.3 is 0 Å². The maximum atomic E-state index is 10.6. The van der Waals surface area contributed by atoms with Gasteiger partial charge in [0, 0.05) is 29.5 Å². The van der Waals surface area contributed by atoms with Crippen molar-refractivity contribution in [3.05, 3.63) is 78.2 Å². The molecule has 14 heteroatoms. The lowest BCUT2D eigenvalue weighted by Gasteiger charge is -2.06. The molecule has 0 radical (unpaired) electrons. The summed E-state index contributed by atoms with van der Waals surface area (Å²) in [6.07, 6.45) is 1.25. The molecule has 2 rings (SSSR count). The van der Waals surface area contributed by atoms with Crippen molar-refractivity contribution in [2.45, 2.75) is 26.1 Å². The van der Waals surface area contributed by atoms with E-state index in [1.54, 1.807) is 0 Å². The monoisotopic (exact) mass is 497 g/mol. The second kappa shape index (κ2) is 16.0. The first kappa shape index (κ1) is 28.4. The number of alkyl halides is 1. The summed E-state index contributed by atoms with van der Waals surface area (Å²) in [5.41, 5.74) is 8.26. The normalized spacial score (nSPS) is 9.85. The van der Waals surface area contributed by atoms with E-state index in [9.17, 15) is 20.2 Å². The zero-order valence-electron chi connectivity index (χ0n) is 18.1. The van der Waals surface area contributed by atoms with Gasteiger partial charge in [-0.1, -0.05) is 5.11 Å². The number of nitro groups is 2. The molecule has 0 saturated heterocycles. The van der Waals surface area contributed by atoms with Crippen LogP contribution in [0.15, 0.2) is 41.5 Å². The van der Waals surface area contributed by atoms with Crippen LogP contribution in [0.1, 0.15) is 24.0 Å². The van der Waals surface area contributed by atoms with Crippen LogP contribution in [0, 0.1) is 20.2 Å². The summed E-state index contributed by atoms with van der Waals surface area (Å²) in [4.78, 5) is 22.7. The minimum atomic E-state index is -0.559. The second-order valence-corrected chi connectivity index (χ2v) is 6.84. The summed E-state index contributed by atoms with van der Waals surface area (Å²) in [7, 11) is 0. The van der Waals surface area contributed by atoms with Crippen LogP contribution >= 0.6 is 11.6 Å². The number of azide groups is 1. The summed E-state index contributed by atoms with van der Waals surface area (Å²) >= 11 is 5.48. The maximum absolute atomic E-state index is 10.6. The highest BCUT2D eigenvalue weighted by Crippen LogP contribution is 2.25. The van der Waals surface area contributed by atoms with Crippen LogP contribution in [0.4, 0.5) is 11.4 Å². The summed E-state index contributed by atoms with van der Waals surface area (Å²) in [6.45, 7) is 0.305. The van der Waals surface area contributed by atoms with Crippen LogP contribution in [0.3, 0.4) is 0 Å². The predicted molar refractivity (Wildman–Crippen MR) is 123 cm³/mol. The summed E-state index contributed by atoms with van der Waals surface area (Å²) in [5.74, 6) is 1.44. The Morgan fingerprint density at radius 2 is 1.38 bits per heavy atom. The number of nitrogens with zero attached hydrogens (tertiary/aromatic N) is 5. The molecule has 0 bridgehead atoms. The molecule has 0 aliphatic carbocycles. The standard InChI is InChI=1S/C10H12ClNO4.C10H12N4O4/c11-4-1-5-16-9-2-3-10(12(14)15)8(6-9)7-13;11-13-12-4-1-5-18-9-2-3-10(14(16)17)8(6-9)7-15/h2-3,6,13H,1,4-5,7H2;2-3,6,15H,1,4-5,7H2. The molecule has 0 spiro atoms. The number of halogens is 1. The SMILES string of the molecule is O=[N+]([O-])c1ccc(OCCCCl)cc1CO.[N-]=[N+]=NCCCOc1ccc([N+](=O)[O-])c(CO)c1. The third kappa shape index (κ3) is 9.88. The lowest BCUT2D eigenvalue weighted by Crippen LogP contribution is -2.01. The van der Waals surface area contributed by atoms with Crippen molar-refractivity contribution in [3.8, 4) is 11.5 Å². The largest absolute Gasteiger partial charge is 0.494 e. The van der Waals surface area contributed by atoms with E-state index < -0.39 is 16.5 Å². The van der Waals surface area contributed by atoms with E-state index in [1.807, 2.05) is 0 Å². The van der Waals surface area contributed by atoms with Gasteiger partial charge in [-0.2, -0.15) is 0 Å². The summed E-state index contributed by atoms with van der Waals surface area (Å²) in [5, 5.41) is 42.6. The smallest absolute Gasteiger partial charge is 0.275 e. The highest BCUT2D eigenvalue weighted by Gasteiger charge is 2.14. The van der Waals surface area contributed by atoms with E-state index in [0.717, 1.165) is 0 Å². The lowest BCUT2D eigenvalue weighted by atomic mass is 10.2. The fourth-order valence-corrected chi connectivity index (χ4v) is 2.64. The third-order valence-corrected chi connectivity index (χ3v) is 4.38. The van der Waals surface area contributed by atoms with Crippen molar-refractivity contribution in [3.63, 3.8) is 0 Å². The molecule has 184 valence electrons. The zero-order chi connectivity index (χ0) is 25.3. The molecule has 0 fully saturated rings. The van der Waals surface area contributed by atoms with Crippen molar-refractivity contribution in [1.82, 2.24) is 0 Å². The fourth-order valence-electron chi connectivity index (χ4n) is 2.53. The molecule has 0 unspecified atom stereocenters. The molecular formula is C20H24ClN5O8. The first-order valence-corrected chi connectivity index (χ1v) is 10.5. The van der Waals surface area contributed by atoms with Gasteiger partial charge < -0.3 is 19.7 Å². The molecule has 0 heterocycles. The maximum Gasteiger partial charge on any atom is 0.275 e. The first-order valence-electron chi connectivity index (χ1n) is 9.96. The van der Waals surface area contributed by atoms with E-state index in [2.05, 4.69) is 10.0 Å². The van der Waals surface area contributed by atoms with E-state index >= 15 is 0 Å². The van der Waals surface area contributed by atoms with Gasteiger partial charge in [-0.3, -0.25) is 20.2 Å². The number of aliphatic hydroxyl groups excluding tert-OH is 2. The van der Waals surface area contributed by atoms with Crippen molar-refractivity contribution >= 4 is 23.0 Å². The average Bonchev–Trinajstić information content (AvgIpc) is 2.84. The summed E-state index contributed by atoms with van der Waals surface area (Å²) < 4.78 is 10.6. The first-order chi connectivity index (χ1) is 16.4. The Morgan fingerprint density at radius 3 is 1.76 bits per heavy atom. The number of hydrogen-bond acceptors (Lipinski definition) is 9. The van der Waals surface area contributed by atoms with Crippen molar-refractivity contribution in [2.24, 2.45) is 5.11 Å². The Morgan fingerprint density at radius 1 is 0.912 bits per heavy atom. The van der Waals surface area contributed by atoms with Gasteiger partial charge in [0.1, 0.15) is 11.5 Å². The Balaban J connectivity index is 0.000000342. The van der Waals surface area contributed by atoms with E-state index in [1.165, 1.54) is 36.4 Å². The van der Waals surface area contributed by atoms with Crippen molar-refractivity contribution in [1.29, 1.82) is 0 Å². The van der Waals surface area contributed by atoms with Crippen molar-refractivity contribution in [2.75, 3.05) is 25.6 Å². The lowest BCUT2D eigenvalue weighted by molar-refractivity contribution is -0.386. The van der Waals surface area contributed by atoms with Crippen LogP contribution in [-0.4, -0.2) is 45.7 Å². The van der Waals surface area contributed by atoms with Gasteiger partial charge in [-0.25, -0.2) is 0 Å². The third-order valence-electron chi connectivity index (χ3n) is 4.12. The molecule has 0 aliphatic heterocycles. The second-order valence-electron chi connectivity index (χ2n) is 6.46. The molecule has 2 N–H and O–H groups in total. The molecule has 2 aromatic rings. The Bertz CT molecular complexity index is 1000. The number of hydrogen-bond donors (Lipinski definition) is 2. The Kier molecular flexibility index (Phi) is 13.4. The molecule has 0 amide bonds. The minimum Gasteiger partial charge on any atom is -0.494 e. The number of nitro benzene ring substituents is 2. The molecule has 0 aliphatic rings. The molecule has 2 aromatic carbocycles. The van der Waals surface area contributed by atoms with Crippen LogP contribution < -0.4 is 9.47 Å².